The maximum absolute atomic E-state index is 10.1. The Morgan fingerprint density at radius 2 is 1.89 bits per heavy atom. The molecule has 2 heteroatoms. The first-order valence-electron chi connectivity index (χ1n) is 2.53. The van der Waals surface area contributed by atoms with Gasteiger partial charge in [-0.3, -0.25) is 4.79 Å². The molecule has 0 aromatic heterocycles. The molecule has 0 fully saturated rings. The fraction of sp³-hybridized carbons (Fsp3) is 0. The van der Waals surface area contributed by atoms with Crippen molar-refractivity contribution >= 4 is 17.9 Å². The molecule has 46 valence electrons. The Hall–Kier alpha value is -0.820. The van der Waals surface area contributed by atoms with E-state index in [2.05, 4.69) is 0 Å². The second-order valence-electron chi connectivity index (χ2n) is 1.67. The normalized spacial score (nSPS) is 9.00. The molecule has 9 heavy (non-hydrogen) atoms. The van der Waals surface area contributed by atoms with E-state index in [4.69, 9.17) is 11.6 Å². The van der Waals surface area contributed by atoms with E-state index >= 15 is 0 Å². The van der Waals surface area contributed by atoms with Crippen LogP contribution in [0, 0.1) is 0 Å². The summed E-state index contributed by atoms with van der Waals surface area (Å²) in [5.74, 6) is 0. The van der Waals surface area contributed by atoms with Gasteiger partial charge in [-0.05, 0) is 12.1 Å². The van der Waals surface area contributed by atoms with E-state index in [1.54, 1.807) is 24.3 Å². The van der Waals surface area contributed by atoms with Gasteiger partial charge in [0.05, 0.1) is 0 Å². The summed E-state index contributed by atoms with van der Waals surface area (Å²) in [4.78, 5) is 10.1. The van der Waals surface area contributed by atoms with E-state index in [1.807, 2.05) is 0 Å². The third-order valence-electron chi connectivity index (χ3n) is 1.01. The highest BCUT2D eigenvalue weighted by molar-refractivity contribution is 6.30. The number of hydrogen-bond acceptors (Lipinski definition) is 1. The molecule has 0 heterocycles. The number of benzene rings is 1. The van der Waals surface area contributed by atoms with Crippen LogP contribution in [-0.4, -0.2) is 6.29 Å². The van der Waals surface area contributed by atoms with Crippen LogP contribution < -0.4 is 0 Å². The molecule has 0 unspecified atom stereocenters. The Morgan fingerprint density at radius 1 is 1.33 bits per heavy atom. The van der Waals surface area contributed by atoms with Crippen molar-refractivity contribution in [2.45, 2.75) is 0 Å². The number of hydrogen-bond donors (Lipinski definition) is 0. The summed E-state index contributed by atoms with van der Waals surface area (Å²) in [7, 11) is 0. The first-order chi connectivity index (χ1) is 4.33. The van der Waals surface area contributed by atoms with Crippen LogP contribution in [0.3, 0.4) is 0 Å². The maximum Gasteiger partial charge on any atom is 1.00 e. The third-order valence-corrected chi connectivity index (χ3v) is 1.26. The van der Waals surface area contributed by atoms with E-state index in [-0.39, 0.29) is 1.43 Å². The zero-order valence-corrected chi connectivity index (χ0v) is 5.43. The topological polar surface area (TPSA) is 17.1 Å². The van der Waals surface area contributed by atoms with Gasteiger partial charge in [-0.2, -0.15) is 0 Å². The van der Waals surface area contributed by atoms with Crippen molar-refractivity contribution in [3.8, 4) is 0 Å². The largest absolute Gasteiger partial charge is 1.00 e. The number of halogens is 1. The van der Waals surface area contributed by atoms with Crippen LogP contribution >= 0.6 is 11.6 Å². The van der Waals surface area contributed by atoms with Crippen molar-refractivity contribution in [3.63, 3.8) is 0 Å². The summed E-state index contributed by atoms with van der Waals surface area (Å²) in [5, 5.41) is 0.653. The highest BCUT2D eigenvalue weighted by atomic mass is 35.5. The molecular weight excluding hydrogens is 136 g/mol. The van der Waals surface area contributed by atoms with Gasteiger partial charge in [0, 0.05) is 10.6 Å². The minimum atomic E-state index is 0. The molecule has 0 aliphatic heterocycles. The SMILES string of the molecule is O=Cc1ccc(Cl)cc1.[H+]. The van der Waals surface area contributed by atoms with E-state index < -0.39 is 0 Å². The molecule has 0 radical (unpaired) electrons. The van der Waals surface area contributed by atoms with Gasteiger partial charge < -0.3 is 0 Å². The predicted octanol–water partition coefficient (Wildman–Crippen LogP) is 2.27. The lowest BCUT2D eigenvalue weighted by Crippen LogP contribution is -1.74. The highest BCUT2D eigenvalue weighted by Crippen LogP contribution is 2.07. The first kappa shape index (κ1) is 6.30. The van der Waals surface area contributed by atoms with Gasteiger partial charge in [0.25, 0.3) is 0 Å². The fourth-order valence-electron chi connectivity index (χ4n) is 0.541. The van der Waals surface area contributed by atoms with Crippen molar-refractivity contribution < 1.29 is 6.22 Å². The van der Waals surface area contributed by atoms with Crippen molar-refractivity contribution in [2.24, 2.45) is 0 Å². The van der Waals surface area contributed by atoms with Crippen LogP contribution in [0.4, 0.5) is 0 Å². The Labute approximate surface area is 59.7 Å². The number of carbonyl (C=O) groups excluding carboxylic acids is 1. The molecule has 0 aliphatic rings. The molecule has 0 aliphatic carbocycles. The van der Waals surface area contributed by atoms with Crippen LogP contribution in [0.2, 0.25) is 5.02 Å². The molecule has 0 saturated carbocycles. The van der Waals surface area contributed by atoms with Crippen LogP contribution in [-0.2, 0) is 0 Å². The monoisotopic (exact) mass is 141 g/mol. The van der Waals surface area contributed by atoms with E-state index in [1.165, 1.54) is 0 Å². The summed E-state index contributed by atoms with van der Waals surface area (Å²) in [6.07, 6.45) is 0.788. The summed E-state index contributed by atoms with van der Waals surface area (Å²) in [5.41, 5.74) is 0.652. The minimum Gasteiger partial charge on any atom is -0.298 e. The molecule has 0 amide bonds. The first-order valence-corrected chi connectivity index (χ1v) is 2.91. The summed E-state index contributed by atoms with van der Waals surface area (Å²) >= 11 is 5.55. The molecule has 1 aromatic carbocycles. The van der Waals surface area contributed by atoms with Crippen LogP contribution in [0.15, 0.2) is 24.3 Å². The van der Waals surface area contributed by atoms with Crippen molar-refractivity contribution in [1.82, 2.24) is 0 Å². The number of rotatable bonds is 1. The van der Waals surface area contributed by atoms with Gasteiger partial charge in [-0.1, -0.05) is 23.7 Å². The number of aldehydes is 1. The highest BCUT2D eigenvalue weighted by Gasteiger charge is 1.86. The van der Waals surface area contributed by atoms with Gasteiger partial charge in [-0.25, -0.2) is 0 Å². The van der Waals surface area contributed by atoms with Crippen LogP contribution in [0.1, 0.15) is 11.8 Å². The fourth-order valence-corrected chi connectivity index (χ4v) is 0.667. The molecule has 0 saturated heterocycles. The Morgan fingerprint density at radius 3 is 2.33 bits per heavy atom. The zero-order chi connectivity index (χ0) is 6.69. The maximum atomic E-state index is 10.1. The van der Waals surface area contributed by atoms with Gasteiger partial charge in [-0.15, -0.1) is 0 Å². The Kier molecular flexibility index (Phi) is 1.85. The molecule has 1 rings (SSSR count). The Balaban J connectivity index is 0.000000810. The lowest BCUT2D eigenvalue weighted by molar-refractivity contribution is 0.112. The summed E-state index contributed by atoms with van der Waals surface area (Å²) in [6, 6.07) is 6.72. The van der Waals surface area contributed by atoms with Crippen molar-refractivity contribution in [1.29, 1.82) is 0 Å². The molecule has 0 bridgehead atoms. The summed E-state index contributed by atoms with van der Waals surface area (Å²) < 4.78 is 0. The predicted molar refractivity (Wildman–Crippen MR) is 38.0 cm³/mol. The lowest BCUT2D eigenvalue weighted by atomic mass is 10.2. The van der Waals surface area contributed by atoms with E-state index in [9.17, 15) is 4.79 Å². The average molecular weight is 142 g/mol. The third kappa shape index (κ3) is 1.54. The van der Waals surface area contributed by atoms with Gasteiger partial charge in [0.1, 0.15) is 6.29 Å². The molecule has 0 spiro atoms. The molecule has 1 aromatic rings. The molecule has 0 N–H and O–H groups in total. The second kappa shape index (κ2) is 2.65. The second-order valence-corrected chi connectivity index (χ2v) is 2.11. The van der Waals surface area contributed by atoms with Gasteiger partial charge in [0.2, 0.25) is 0 Å². The number of carbonyl (C=O) groups is 1. The standard InChI is InChI=1S/C7H5ClO/c8-7-3-1-6(5-9)2-4-7/h1-5H/p+1. The van der Waals surface area contributed by atoms with Crippen LogP contribution in [0.5, 0.6) is 0 Å². The van der Waals surface area contributed by atoms with E-state index in [0.29, 0.717) is 10.6 Å². The van der Waals surface area contributed by atoms with Crippen molar-refractivity contribution in [3.05, 3.63) is 34.9 Å². The Bertz CT molecular complexity index is 207. The van der Waals surface area contributed by atoms with Gasteiger partial charge in [0.15, 0.2) is 0 Å². The quantitative estimate of drug-likeness (QED) is 0.549. The lowest BCUT2D eigenvalue weighted by Gasteiger charge is -1.87. The molecule has 1 nitrogen and oxygen atoms in total. The average Bonchev–Trinajstić information content (AvgIpc) is 1.90. The smallest absolute Gasteiger partial charge is 0.298 e. The van der Waals surface area contributed by atoms with E-state index in [0.717, 1.165) is 6.29 Å². The summed E-state index contributed by atoms with van der Waals surface area (Å²) in [6.45, 7) is 0. The zero-order valence-electron chi connectivity index (χ0n) is 5.67. The van der Waals surface area contributed by atoms with Crippen molar-refractivity contribution in [2.75, 3.05) is 0 Å². The van der Waals surface area contributed by atoms with Gasteiger partial charge >= 0.3 is 1.43 Å². The van der Waals surface area contributed by atoms with Crippen LogP contribution in [0.25, 0.3) is 0 Å². The molecular formula is C7H6ClO+. The molecule has 0 atom stereocenters. The minimum absolute atomic E-state index is 0.